The van der Waals surface area contributed by atoms with Gasteiger partial charge in [0, 0.05) is 65.0 Å². The van der Waals surface area contributed by atoms with Gasteiger partial charge in [-0.25, -0.2) is 4.98 Å². The topological polar surface area (TPSA) is 70.5 Å². The van der Waals surface area contributed by atoms with E-state index in [1.807, 2.05) is 36.6 Å². The van der Waals surface area contributed by atoms with Crippen LogP contribution in [0.2, 0.25) is 0 Å². The molecule has 0 saturated carbocycles. The first-order valence-electron chi connectivity index (χ1n) is 8.33. The van der Waals surface area contributed by atoms with Gasteiger partial charge >= 0.3 is 0 Å². The summed E-state index contributed by atoms with van der Waals surface area (Å²) in [7, 11) is 1.93. The Morgan fingerprint density at radius 1 is 1.35 bits per heavy atom. The van der Waals surface area contributed by atoms with Gasteiger partial charge in [-0.1, -0.05) is 0 Å². The van der Waals surface area contributed by atoms with Gasteiger partial charge in [-0.05, 0) is 13.8 Å². The standard InChI is InChI=1S/C16H27N5O2/c1-4-20(5-2)14(22)6-7-15(23)21-11-8-17-12-13(21)16-18-9-10-19(16)3/h9-10,13,17H,4-8,11-12H2,1-3H3. The second-order valence-electron chi connectivity index (χ2n) is 5.77. The molecule has 128 valence electrons. The van der Waals surface area contributed by atoms with E-state index in [1.165, 1.54) is 0 Å². The van der Waals surface area contributed by atoms with Crippen LogP contribution in [0.25, 0.3) is 0 Å². The maximum absolute atomic E-state index is 12.6. The van der Waals surface area contributed by atoms with Crippen LogP contribution in [-0.4, -0.2) is 63.9 Å². The van der Waals surface area contributed by atoms with Gasteiger partial charge in [-0.15, -0.1) is 0 Å². The Bertz CT molecular complexity index is 538. The van der Waals surface area contributed by atoms with Gasteiger partial charge in [0.25, 0.3) is 0 Å². The normalized spacial score (nSPS) is 18.0. The molecule has 1 unspecified atom stereocenters. The molecule has 0 radical (unpaired) electrons. The second kappa shape index (κ2) is 8.10. The number of carbonyl (C=O) groups is 2. The highest BCUT2D eigenvalue weighted by Crippen LogP contribution is 2.21. The Hall–Kier alpha value is -1.89. The van der Waals surface area contributed by atoms with E-state index >= 15 is 0 Å². The number of hydrogen-bond acceptors (Lipinski definition) is 4. The van der Waals surface area contributed by atoms with Crippen molar-refractivity contribution in [3.05, 3.63) is 18.2 Å². The van der Waals surface area contributed by atoms with Crippen LogP contribution in [-0.2, 0) is 16.6 Å². The van der Waals surface area contributed by atoms with Crippen LogP contribution in [0, 0.1) is 0 Å². The molecule has 7 heteroatoms. The van der Waals surface area contributed by atoms with Crippen molar-refractivity contribution in [2.24, 2.45) is 7.05 Å². The van der Waals surface area contributed by atoms with Crippen LogP contribution in [0.1, 0.15) is 38.6 Å². The number of nitrogens with zero attached hydrogens (tertiary/aromatic N) is 4. The van der Waals surface area contributed by atoms with Crippen molar-refractivity contribution in [1.82, 2.24) is 24.7 Å². The Balaban J connectivity index is 1.99. The van der Waals surface area contributed by atoms with Crippen LogP contribution in [0.5, 0.6) is 0 Å². The molecule has 2 amide bonds. The molecule has 1 aromatic heterocycles. The zero-order valence-electron chi connectivity index (χ0n) is 14.3. The summed E-state index contributed by atoms with van der Waals surface area (Å²) in [6.07, 6.45) is 4.17. The lowest BCUT2D eigenvalue weighted by Gasteiger charge is -2.36. The third kappa shape index (κ3) is 4.10. The Kier molecular flexibility index (Phi) is 6.15. The first-order chi connectivity index (χ1) is 11.1. The molecule has 1 N–H and O–H groups in total. The third-order valence-electron chi connectivity index (χ3n) is 4.39. The quantitative estimate of drug-likeness (QED) is 0.830. The molecule has 0 aliphatic carbocycles. The fraction of sp³-hybridized carbons (Fsp3) is 0.688. The summed E-state index contributed by atoms with van der Waals surface area (Å²) in [6.45, 7) is 7.40. The molecule has 1 saturated heterocycles. The van der Waals surface area contributed by atoms with Gasteiger partial charge in [0.15, 0.2) is 0 Å². The van der Waals surface area contributed by atoms with Gasteiger partial charge < -0.3 is 19.7 Å². The van der Waals surface area contributed by atoms with Gasteiger partial charge in [0.05, 0.1) is 0 Å². The van der Waals surface area contributed by atoms with E-state index in [9.17, 15) is 9.59 Å². The van der Waals surface area contributed by atoms with Crippen LogP contribution < -0.4 is 5.32 Å². The van der Waals surface area contributed by atoms with Crippen molar-refractivity contribution in [3.8, 4) is 0 Å². The average Bonchev–Trinajstić information content (AvgIpc) is 2.99. The van der Waals surface area contributed by atoms with E-state index in [0.717, 1.165) is 12.4 Å². The minimum atomic E-state index is -0.0696. The number of piperazine rings is 1. The van der Waals surface area contributed by atoms with Crippen molar-refractivity contribution in [1.29, 1.82) is 0 Å². The number of imidazole rings is 1. The van der Waals surface area contributed by atoms with Crippen LogP contribution in [0.4, 0.5) is 0 Å². The maximum atomic E-state index is 12.6. The first kappa shape index (κ1) is 17.5. The highest BCUT2D eigenvalue weighted by atomic mass is 16.2. The predicted molar refractivity (Wildman–Crippen MR) is 87.7 cm³/mol. The lowest BCUT2D eigenvalue weighted by Crippen LogP contribution is -2.49. The molecule has 0 bridgehead atoms. The molecule has 1 aliphatic heterocycles. The lowest BCUT2D eigenvalue weighted by atomic mass is 10.1. The smallest absolute Gasteiger partial charge is 0.223 e. The van der Waals surface area contributed by atoms with E-state index in [4.69, 9.17) is 0 Å². The van der Waals surface area contributed by atoms with Gasteiger partial charge in [-0.2, -0.15) is 0 Å². The van der Waals surface area contributed by atoms with Gasteiger partial charge in [0.2, 0.25) is 11.8 Å². The van der Waals surface area contributed by atoms with Crippen molar-refractivity contribution in [3.63, 3.8) is 0 Å². The SMILES string of the molecule is CCN(CC)C(=O)CCC(=O)N1CCNCC1c1nccn1C. The van der Waals surface area contributed by atoms with E-state index in [2.05, 4.69) is 10.3 Å². The molecular weight excluding hydrogens is 294 g/mol. The van der Waals surface area contributed by atoms with Crippen LogP contribution >= 0.6 is 0 Å². The Labute approximate surface area is 137 Å². The summed E-state index contributed by atoms with van der Waals surface area (Å²) < 4.78 is 1.94. The predicted octanol–water partition coefficient (Wildman–Crippen LogP) is 0.542. The summed E-state index contributed by atoms with van der Waals surface area (Å²) >= 11 is 0. The lowest BCUT2D eigenvalue weighted by molar-refractivity contribution is -0.139. The zero-order chi connectivity index (χ0) is 16.8. The number of aromatic nitrogens is 2. The molecule has 0 spiro atoms. The molecule has 2 rings (SSSR count). The summed E-state index contributed by atoms with van der Waals surface area (Å²) in [5.41, 5.74) is 0. The minimum absolute atomic E-state index is 0.0278. The number of nitrogens with one attached hydrogen (secondary N) is 1. The van der Waals surface area contributed by atoms with E-state index in [-0.39, 0.29) is 30.7 Å². The molecule has 23 heavy (non-hydrogen) atoms. The number of rotatable bonds is 6. The van der Waals surface area contributed by atoms with Gasteiger partial charge in [0.1, 0.15) is 11.9 Å². The number of hydrogen-bond donors (Lipinski definition) is 1. The van der Waals surface area contributed by atoms with Crippen molar-refractivity contribution in [2.75, 3.05) is 32.7 Å². The second-order valence-corrected chi connectivity index (χ2v) is 5.77. The van der Waals surface area contributed by atoms with Crippen molar-refractivity contribution < 1.29 is 9.59 Å². The third-order valence-corrected chi connectivity index (χ3v) is 4.39. The van der Waals surface area contributed by atoms with Gasteiger partial charge in [-0.3, -0.25) is 9.59 Å². The van der Waals surface area contributed by atoms with Crippen LogP contribution in [0.3, 0.4) is 0 Å². The number of carbonyl (C=O) groups excluding carboxylic acids is 2. The molecule has 1 aliphatic rings. The molecule has 2 heterocycles. The minimum Gasteiger partial charge on any atom is -0.343 e. The molecule has 1 fully saturated rings. The van der Waals surface area contributed by atoms with Crippen LogP contribution in [0.15, 0.2) is 12.4 Å². The van der Waals surface area contributed by atoms with E-state index in [0.29, 0.717) is 26.2 Å². The zero-order valence-corrected chi connectivity index (χ0v) is 14.3. The number of aryl methyl sites for hydroxylation is 1. The molecular formula is C16H27N5O2. The summed E-state index contributed by atoms with van der Waals surface area (Å²) in [5.74, 6) is 0.952. The fourth-order valence-corrected chi connectivity index (χ4v) is 3.02. The Morgan fingerprint density at radius 3 is 2.70 bits per heavy atom. The Morgan fingerprint density at radius 2 is 2.09 bits per heavy atom. The average molecular weight is 321 g/mol. The largest absolute Gasteiger partial charge is 0.343 e. The summed E-state index contributed by atoms with van der Waals surface area (Å²) in [6, 6.07) is -0.0696. The molecule has 1 atom stereocenters. The summed E-state index contributed by atoms with van der Waals surface area (Å²) in [5, 5.41) is 3.31. The van der Waals surface area contributed by atoms with Crippen molar-refractivity contribution in [2.45, 2.75) is 32.7 Å². The van der Waals surface area contributed by atoms with E-state index in [1.54, 1.807) is 11.1 Å². The monoisotopic (exact) mass is 321 g/mol. The maximum Gasteiger partial charge on any atom is 0.223 e. The molecule has 0 aromatic carbocycles. The first-order valence-corrected chi connectivity index (χ1v) is 8.33. The molecule has 1 aromatic rings. The fourth-order valence-electron chi connectivity index (χ4n) is 3.02. The highest BCUT2D eigenvalue weighted by molar-refractivity contribution is 5.84. The molecule has 7 nitrogen and oxygen atoms in total. The van der Waals surface area contributed by atoms with Crippen molar-refractivity contribution >= 4 is 11.8 Å². The number of amides is 2. The summed E-state index contributed by atoms with van der Waals surface area (Å²) in [4.78, 5) is 32.7. The van der Waals surface area contributed by atoms with E-state index < -0.39 is 0 Å². The highest BCUT2D eigenvalue weighted by Gasteiger charge is 2.30.